The molecule has 0 amide bonds. The highest BCUT2D eigenvalue weighted by Gasteiger charge is 2.12. The van der Waals surface area contributed by atoms with Crippen molar-refractivity contribution in [2.24, 2.45) is 5.73 Å². The van der Waals surface area contributed by atoms with Gasteiger partial charge in [0.15, 0.2) is 0 Å². The molecule has 2 rings (SSSR count). The molecule has 0 heterocycles. The van der Waals surface area contributed by atoms with Gasteiger partial charge in [-0.05, 0) is 40.8 Å². The molecule has 3 heteroatoms. The fourth-order valence-electron chi connectivity index (χ4n) is 2.00. The van der Waals surface area contributed by atoms with E-state index in [0.717, 1.165) is 11.3 Å². The number of nitrogens with two attached hydrogens (primary N) is 1. The number of hydrogen-bond acceptors (Lipinski definition) is 2. The summed E-state index contributed by atoms with van der Waals surface area (Å²) in [5, 5.41) is 7.35. The molecule has 2 aromatic rings. The Morgan fingerprint density at radius 1 is 1.00 bits per heavy atom. The lowest BCUT2D eigenvalue weighted by Gasteiger charge is -2.19. The summed E-state index contributed by atoms with van der Waals surface area (Å²) in [5.74, 6) is 0.846. The molecule has 2 aromatic carbocycles. The van der Waals surface area contributed by atoms with E-state index in [0.29, 0.717) is 12.2 Å². The zero-order chi connectivity index (χ0) is 15.5. The zero-order valence-corrected chi connectivity index (χ0v) is 12.8. The zero-order valence-electron chi connectivity index (χ0n) is 12.8. The summed E-state index contributed by atoms with van der Waals surface area (Å²) in [6.45, 7) is 7.14. The Bertz CT molecular complexity index is 607. The van der Waals surface area contributed by atoms with E-state index in [2.05, 4.69) is 45.0 Å². The van der Waals surface area contributed by atoms with Crippen molar-refractivity contribution in [1.82, 2.24) is 0 Å². The van der Waals surface area contributed by atoms with E-state index in [1.54, 1.807) is 12.1 Å². The van der Waals surface area contributed by atoms with Gasteiger partial charge in [0.25, 0.3) is 0 Å². The largest absolute Gasteiger partial charge is 0.489 e. The SMILES string of the molecule is CC(C)(C)c1ccc(COc2ccc(C(=N)N)cc2)cc1. The third kappa shape index (κ3) is 4.09. The van der Waals surface area contributed by atoms with Gasteiger partial charge in [-0.1, -0.05) is 45.0 Å². The van der Waals surface area contributed by atoms with Gasteiger partial charge in [-0.3, -0.25) is 5.41 Å². The predicted octanol–water partition coefficient (Wildman–Crippen LogP) is 3.85. The number of rotatable bonds is 4. The lowest BCUT2D eigenvalue weighted by atomic mass is 9.87. The Balaban J connectivity index is 1.98. The second-order valence-corrected chi connectivity index (χ2v) is 6.17. The third-order valence-corrected chi connectivity index (χ3v) is 3.39. The van der Waals surface area contributed by atoms with E-state index in [-0.39, 0.29) is 11.3 Å². The molecule has 3 nitrogen and oxygen atoms in total. The van der Waals surface area contributed by atoms with Crippen LogP contribution in [-0.4, -0.2) is 5.84 Å². The molecule has 0 bridgehead atoms. The van der Waals surface area contributed by atoms with Gasteiger partial charge < -0.3 is 10.5 Å². The van der Waals surface area contributed by atoms with Crippen LogP contribution < -0.4 is 10.5 Å². The Morgan fingerprint density at radius 3 is 2.05 bits per heavy atom. The summed E-state index contributed by atoms with van der Waals surface area (Å²) >= 11 is 0. The van der Waals surface area contributed by atoms with Crippen LogP contribution in [0, 0.1) is 5.41 Å². The van der Waals surface area contributed by atoms with Crippen molar-refractivity contribution in [3.63, 3.8) is 0 Å². The van der Waals surface area contributed by atoms with E-state index < -0.39 is 0 Å². The quantitative estimate of drug-likeness (QED) is 0.661. The molecule has 0 radical (unpaired) electrons. The third-order valence-electron chi connectivity index (χ3n) is 3.39. The van der Waals surface area contributed by atoms with E-state index in [9.17, 15) is 0 Å². The summed E-state index contributed by atoms with van der Waals surface area (Å²) < 4.78 is 5.74. The average Bonchev–Trinajstić information content (AvgIpc) is 2.45. The van der Waals surface area contributed by atoms with Crippen molar-refractivity contribution >= 4 is 5.84 Å². The van der Waals surface area contributed by atoms with Gasteiger partial charge in [0.05, 0.1) is 0 Å². The molecule has 0 aliphatic rings. The number of benzene rings is 2. The van der Waals surface area contributed by atoms with Gasteiger partial charge in [-0.15, -0.1) is 0 Å². The molecule has 0 aliphatic heterocycles. The van der Waals surface area contributed by atoms with E-state index >= 15 is 0 Å². The summed E-state index contributed by atoms with van der Waals surface area (Å²) in [6.07, 6.45) is 0. The van der Waals surface area contributed by atoms with Crippen molar-refractivity contribution in [2.75, 3.05) is 0 Å². The topological polar surface area (TPSA) is 59.1 Å². The first-order chi connectivity index (χ1) is 9.86. The maximum atomic E-state index is 7.35. The van der Waals surface area contributed by atoms with Gasteiger partial charge >= 0.3 is 0 Å². The van der Waals surface area contributed by atoms with Crippen molar-refractivity contribution in [3.05, 3.63) is 65.2 Å². The van der Waals surface area contributed by atoms with E-state index in [1.807, 2.05) is 12.1 Å². The Kier molecular flexibility index (Phi) is 4.32. The molecule has 0 unspecified atom stereocenters. The van der Waals surface area contributed by atoms with Gasteiger partial charge in [0, 0.05) is 5.56 Å². The number of ether oxygens (including phenoxy) is 1. The number of amidine groups is 1. The van der Waals surface area contributed by atoms with Gasteiger partial charge in [0.2, 0.25) is 0 Å². The lowest BCUT2D eigenvalue weighted by Crippen LogP contribution is -2.11. The summed E-state index contributed by atoms with van der Waals surface area (Å²) in [4.78, 5) is 0. The average molecular weight is 282 g/mol. The molecule has 0 aliphatic carbocycles. The van der Waals surface area contributed by atoms with Crippen LogP contribution in [0.2, 0.25) is 0 Å². The normalized spacial score (nSPS) is 11.2. The number of nitrogens with one attached hydrogen (secondary N) is 1. The molecule has 0 fully saturated rings. The fraction of sp³-hybridized carbons (Fsp3) is 0.278. The van der Waals surface area contributed by atoms with Crippen molar-refractivity contribution in [1.29, 1.82) is 5.41 Å². The van der Waals surface area contributed by atoms with Crippen molar-refractivity contribution in [3.8, 4) is 5.75 Å². The molecule has 0 spiro atoms. The Labute approximate surface area is 126 Å². The van der Waals surface area contributed by atoms with Crippen molar-refractivity contribution in [2.45, 2.75) is 32.8 Å². The molecule has 21 heavy (non-hydrogen) atoms. The minimum Gasteiger partial charge on any atom is -0.489 e. The van der Waals surface area contributed by atoms with Crippen LogP contribution in [0.1, 0.15) is 37.5 Å². The fourth-order valence-corrected chi connectivity index (χ4v) is 2.00. The maximum absolute atomic E-state index is 7.35. The molecule has 0 aromatic heterocycles. The molecule has 3 N–H and O–H groups in total. The van der Waals surface area contributed by atoms with Crippen LogP contribution in [0.25, 0.3) is 0 Å². The molecule has 0 atom stereocenters. The second-order valence-electron chi connectivity index (χ2n) is 6.17. The monoisotopic (exact) mass is 282 g/mol. The molecule has 0 saturated carbocycles. The predicted molar refractivity (Wildman–Crippen MR) is 86.9 cm³/mol. The first-order valence-corrected chi connectivity index (χ1v) is 7.03. The highest BCUT2D eigenvalue weighted by molar-refractivity contribution is 5.94. The smallest absolute Gasteiger partial charge is 0.122 e. The second kappa shape index (κ2) is 6.00. The number of nitrogen functional groups attached to an aromatic ring is 1. The molecular weight excluding hydrogens is 260 g/mol. The van der Waals surface area contributed by atoms with Crippen LogP contribution in [0.3, 0.4) is 0 Å². The highest BCUT2D eigenvalue weighted by atomic mass is 16.5. The minimum atomic E-state index is 0.0688. The van der Waals surface area contributed by atoms with Gasteiger partial charge in [-0.2, -0.15) is 0 Å². The van der Waals surface area contributed by atoms with Crippen LogP contribution >= 0.6 is 0 Å². The molecule has 0 saturated heterocycles. The van der Waals surface area contributed by atoms with Crippen LogP contribution in [-0.2, 0) is 12.0 Å². The first-order valence-electron chi connectivity index (χ1n) is 7.03. The summed E-state index contributed by atoms with van der Waals surface area (Å²) in [7, 11) is 0. The summed E-state index contributed by atoms with van der Waals surface area (Å²) in [6, 6.07) is 15.8. The first kappa shape index (κ1) is 15.1. The minimum absolute atomic E-state index is 0.0688. The molecule has 110 valence electrons. The van der Waals surface area contributed by atoms with Crippen LogP contribution in [0.5, 0.6) is 5.75 Å². The Morgan fingerprint density at radius 2 is 1.57 bits per heavy atom. The van der Waals surface area contributed by atoms with Gasteiger partial charge in [0.1, 0.15) is 18.2 Å². The van der Waals surface area contributed by atoms with E-state index in [1.165, 1.54) is 5.56 Å². The van der Waals surface area contributed by atoms with Crippen LogP contribution in [0.4, 0.5) is 0 Å². The molecular formula is C18H22N2O. The van der Waals surface area contributed by atoms with Crippen LogP contribution in [0.15, 0.2) is 48.5 Å². The standard InChI is InChI=1S/C18H22N2O/c1-18(2,3)15-8-4-13(5-9-15)12-21-16-10-6-14(7-11-16)17(19)20/h4-11H,12H2,1-3H3,(H3,19,20). The lowest BCUT2D eigenvalue weighted by molar-refractivity contribution is 0.306. The maximum Gasteiger partial charge on any atom is 0.122 e. The van der Waals surface area contributed by atoms with Crippen molar-refractivity contribution < 1.29 is 4.74 Å². The number of hydrogen-bond donors (Lipinski definition) is 2. The summed E-state index contributed by atoms with van der Waals surface area (Å²) in [5.41, 5.74) is 8.75. The Hall–Kier alpha value is -2.29. The highest BCUT2D eigenvalue weighted by Crippen LogP contribution is 2.22. The van der Waals surface area contributed by atoms with Gasteiger partial charge in [-0.25, -0.2) is 0 Å². The van der Waals surface area contributed by atoms with E-state index in [4.69, 9.17) is 15.9 Å².